The normalized spacial score (nSPS) is 29.4. The second-order valence-corrected chi connectivity index (χ2v) is 14.6. The Morgan fingerprint density at radius 2 is 2.02 bits per heavy atom. The summed E-state index contributed by atoms with van der Waals surface area (Å²) in [7, 11) is -3.61. The molecular formula is C19H21F3N11O9P2S2+. The molecule has 0 spiro atoms. The minimum Gasteiger partial charge on any atom is -0.395 e. The Balaban J connectivity index is 1.24. The van der Waals surface area contributed by atoms with Crippen molar-refractivity contribution in [3.05, 3.63) is 23.0 Å². The molecule has 0 aliphatic carbocycles. The van der Waals surface area contributed by atoms with Crippen molar-refractivity contribution in [2.45, 2.75) is 47.3 Å². The number of aromatic amines is 1. The van der Waals surface area contributed by atoms with E-state index in [0.29, 0.717) is 4.68 Å². The van der Waals surface area contributed by atoms with Gasteiger partial charge in [0.15, 0.2) is 28.1 Å². The lowest BCUT2D eigenvalue weighted by molar-refractivity contribution is -0.138. The van der Waals surface area contributed by atoms with E-state index in [4.69, 9.17) is 37.1 Å². The van der Waals surface area contributed by atoms with E-state index in [1.807, 2.05) is 0 Å². The number of ether oxygens (including phenoxy) is 1. The summed E-state index contributed by atoms with van der Waals surface area (Å²) in [5, 5.41) is 14.8. The van der Waals surface area contributed by atoms with E-state index in [2.05, 4.69) is 39.8 Å². The summed E-state index contributed by atoms with van der Waals surface area (Å²) in [5.74, 6) is -4.52. The molecule has 9 atom stereocenters. The van der Waals surface area contributed by atoms with Gasteiger partial charge in [0.2, 0.25) is 18.3 Å². The molecule has 0 aromatic carbocycles. The SMILES string of the molecule is Nc1nc2c(ncn2[C@@H]2S[C@H](CO)[C@H](F)[C@H]2OP(O)(=S)OC[C@H]2O[C@@H](n3nnc4c(N)ncnc43)C(F)(F)[C@@H]2O[P+](=O)O)c(=O)[nH]1. The van der Waals surface area contributed by atoms with E-state index in [9.17, 15) is 24.3 Å². The van der Waals surface area contributed by atoms with Crippen LogP contribution in [0.25, 0.3) is 22.3 Å². The second kappa shape index (κ2) is 12.2. The number of imidazole rings is 1. The Hall–Kier alpha value is -2.96. The summed E-state index contributed by atoms with van der Waals surface area (Å²) >= 11 is 5.90. The molecular weight excluding hydrogens is 709 g/mol. The summed E-state index contributed by atoms with van der Waals surface area (Å²) in [6.45, 7) is -6.23. The van der Waals surface area contributed by atoms with Gasteiger partial charge in [-0.3, -0.25) is 18.9 Å². The molecule has 2 fully saturated rings. The smallest absolute Gasteiger partial charge is 0.395 e. The molecule has 27 heteroatoms. The average molecular weight is 731 g/mol. The molecule has 6 rings (SSSR count). The maximum Gasteiger partial charge on any atom is 0.695 e. The number of aliphatic hydroxyl groups is 1. The van der Waals surface area contributed by atoms with Crippen LogP contribution in [0.2, 0.25) is 0 Å². The lowest BCUT2D eigenvalue weighted by Crippen LogP contribution is -2.41. The van der Waals surface area contributed by atoms with Crippen LogP contribution in [0.4, 0.5) is 24.9 Å². The Morgan fingerprint density at radius 1 is 1.26 bits per heavy atom. The van der Waals surface area contributed by atoms with Crippen LogP contribution in [0.15, 0.2) is 17.4 Å². The molecule has 8 N–H and O–H groups in total. The number of aliphatic hydroxyl groups excluding tert-OH is 1. The molecule has 248 valence electrons. The first-order chi connectivity index (χ1) is 21.7. The zero-order valence-electron chi connectivity index (χ0n) is 22.5. The van der Waals surface area contributed by atoms with Crippen LogP contribution in [0.1, 0.15) is 11.6 Å². The van der Waals surface area contributed by atoms with Gasteiger partial charge in [0, 0.05) is 4.57 Å². The van der Waals surface area contributed by atoms with Crippen LogP contribution in [0, 0.1) is 0 Å². The summed E-state index contributed by atoms with van der Waals surface area (Å²) in [6.07, 6.45) is -8.20. The van der Waals surface area contributed by atoms with Crippen molar-refractivity contribution in [1.29, 1.82) is 0 Å². The first-order valence-electron chi connectivity index (χ1n) is 12.7. The molecule has 2 aliphatic heterocycles. The van der Waals surface area contributed by atoms with Crippen LogP contribution in [-0.2, 0) is 34.7 Å². The molecule has 2 unspecified atom stereocenters. The molecule has 4 aromatic heterocycles. The third-order valence-electron chi connectivity index (χ3n) is 6.89. The maximum absolute atomic E-state index is 15.6. The fourth-order valence-electron chi connectivity index (χ4n) is 4.90. The van der Waals surface area contributed by atoms with Gasteiger partial charge in [-0.1, -0.05) is 5.21 Å². The summed E-state index contributed by atoms with van der Waals surface area (Å²) in [6, 6.07) is 0. The zero-order chi connectivity index (χ0) is 33.1. The van der Waals surface area contributed by atoms with Gasteiger partial charge in [-0.25, -0.2) is 19.3 Å². The van der Waals surface area contributed by atoms with Gasteiger partial charge in [-0.2, -0.15) is 18.4 Å². The van der Waals surface area contributed by atoms with Crippen LogP contribution < -0.4 is 17.0 Å². The van der Waals surface area contributed by atoms with Crippen molar-refractivity contribution >= 4 is 72.6 Å². The number of nitrogens with one attached hydrogen (secondary N) is 1. The minimum atomic E-state index is -4.55. The highest BCUT2D eigenvalue weighted by Crippen LogP contribution is 2.55. The van der Waals surface area contributed by atoms with E-state index in [-0.39, 0.29) is 34.1 Å². The van der Waals surface area contributed by atoms with Crippen LogP contribution >= 0.6 is 26.7 Å². The molecule has 0 radical (unpaired) electrons. The van der Waals surface area contributed by atoms with Crippen molar-refractivity contribution in [2.24, 2.45) is 0 Å². The number of hydrogen-bond acceptors (Lipinski definition) is 17. The molecule has 6 heterocycles. The number of alkyl halides is 3. The topological polar surface area (TPSA) is 287 Å². The van der Waals surface area contributed by atoms with Gasteiger partial charge in [0.25, 0.3) is 5.56 Å². The van der Waals surface area contributed by atoms with Gasteiger partial charge in [-0.15, -0.1) is 26.3 Å². The number of nitrogens with two attached hydrogens (primary N) is 2. The van der Waals surface area contributed by atoms with Crippen LogP contribution in [0.5, 0.6) is 0 Å². The van der Waals surface area contributed by atoms with E-state index < -0.39 is 81.0 Å². The molecule has 0 bridgehead atoms. The van der Waals surface area contributed by atoms with E-state index in [0.717, 1.165) is 24.4 Å². The molecule has 20 nitrogen and oxygen atoms in total. The number of rotatable bonds is 10. The highest BCUT2D eigenvalue weighted by Gasteiger charge is 2.65. The molecule has 0 saturated carbocycles. The number of H-pyrrole nitrogens is 1. The highest BCUT2D eigenvalue weighted by atomic mass is 32.5. The lowest BCUT2D eigenvalue weighted by Gasteiger charge is -2.27. The second-order valence-electron chi connectivity index (χ2n) is 9.73. The quantitative estimate of drug-likeness (QED) is 0.114. The third kappa shape index (κ3) is 5.85. The van der Waals surface area contributed by atoms with Crippen LogP contribution in [-0.4, -0.2) is 108 Å². The largest absolute Gasteiger partial charge is 0.695 e. The van der Waals surface area contributed by atoms with E-state index >= 15 is 13.2 Å². The first-order valence-corrected chi connectivity index (χ1v) is 17.3. The number of halogens is 3. The van der Waals surface area contributed by atoms with Crippen molar-refractivity contribution in [3.8, 4) is 0 Å². The molecule has 46 heavy (non-hydrogen) atoms. The van der Waals surface area contributed by atoms with E-state index in [1.165, 1.54) is 4.57 Å². The number of anilines is 2. The van der Waals surface area contributed by atoms with Crippen molar-refractivity contribution in [1.82, 2.24) is 44.5 Å². The Labute approximate surface area is 262 Å². The standard InChI is InChI=1S/C19H20F3N11O9P2S2/c20-7-6(1-34)46-16(32-4-27-9-14(32)28-18(24)29-15(9)35)10(7)42-44(38,45)39-2-5-11(41-43(36)37)19(21,22)17(40-5)33-13-8(30-31-33)12(23)25-3-26-13/h3-7,10-11,16-17,34H,1-2H2,(H6-,23,24,25,26,28,29,31,35,36,37,38,45)/p+1/t5-,6-,7+,10-,11-,16-,17-,44?/m1/s1. The van der Waals surface area contributed by atoms with E-state index in [1.54, 1.807) is 0 Å². The monoisotopic (exact) mass is 730 g/mol. The maximum atomic E-state index is 15.6. The first kappa shape index (κ1) is 33.0. The average Bonchev–Trinajstić information content (AvgIpc) is 3.72. The number of nitrogens with zero attached hydrogens (tertiary/aromatic N) is 8. The molecule has 0 amide bonds. The summed E-state index contributed by atoms with van der Waals surface area (Å²) in [5.41, 5.74) is 10.0. The predicted octanol–water partition coefficient (Wildman–Crippen LogP) is -0.351. The van der Waals surface area contributed by atoms with Gasteiger partial charge in [-0.05, 0) is 11.8 Å². The number of nitrogen functional groups attached to an aromatic ring is 2. The van der Waals surface area contributed by atoms with Crippen molar-refractivity contribution < 1.29 is 50.9 Å². The fourth-order valence-corrected chi connectivity index (χ4v) is 8.26. The van der Waals surface area contributed by atoms with Crippen molar-refractivity contribution in [2.75, 3.05) is 24.7 Å². The summed E-state index contributed by atoms with van der Waals surface area (Å²) < 4.78 is 80.7. The molecule has 2 aliphatic rings. The summed E-state index contributed by atoms with van der Waals surface area (Å²) in [4.78, 5) is 50.3. The minimum absolute atomic E-state index is 0.0660. The predicted molar refractivity (Wildman–Crippen MR) is 153 cm³/mol. The number of thioether (sulfide) groups is 1. The van der Waals surface area contributed by atoms with Crippen molar-refractivity contribution in [3.63, 3.8) is 0 Å². The Kier molecular flexibility index (Phi) is 8.77. The molecule has 2 saturated heterocycles. The van der Waals surface area contributed by atoms with Gasteiger partial charge >= 0.3 is 20.9 Å². The lowest BCUT2D eigenvalue weighted by atomic mass is 10.1. The highest BCUT2D eigenvalue weighted by molar-refractivity contribution is 8.07. The zero-order valence-corrected chi connectivity index (χ0v) is 25.9. The van der Waals surface area contributed by atoms with Crippen LogP contribution in [0.3, 0.4) is 0 Å². The number of hydrogen-bond donors (Lipinski definition) is 6. The Bertz CT molecular complexity index is 1920. The molecule has 4 aromatic rings. The fraction of sp³-hybridized carbons (Fsp3) is 0.526. The third-order valence-corrected chi connectivity index (χ3v) is 10.4. The number of aromatic nitrogens is 9. The van der Waals surface area contributed by atoms with Gasteiger partial charge < -0.3 is 30.7 Å². The number of fused-ring (bicyclic) bond motifs is 2. The van der Waals surface area contributed by atoms with Gasteiger partial charge in [0.1, 0.15) is 30.1 Å². The van der Waals surface area contributed by atoms with Gasteiger partial charge in [0.05, 0.1) is 24.8 Å². The Morgan fingerprint density at radius 3 is 2.74 bits per heavy atom.